The SMILES string of the molecule is O=C(CCNC1CC1)NC(c1cccs1)C1CCCC1. The van der Waals surface area contributed by atoms with Crippen LogP contribution >= 0.6 is 11.3 Å². The first-order valence-electron chi connectivity index (χ1n) is 7.89. The summed E-state index contributed by atoms with van der Waals surface area (Å²) in [4.78, 5) is 13.5. The molecule has 0 spiro atoms. The number of nitrogens with one attached hydrogen (secondary N) is 2. The minimum absolute atomic E-state index is 0.198. The Labute approximate surface area is 125 Å². The summed E-state index contributed by atoms with van der Waals surface area (Å²) >= 11 is 1.77. The van der Waals surface area contributed by atoms with Gasteiger partial charge in [-0.1, -0.05) is 18.9 Å². The van der Waals surface area contributed by atoms with E-state index in [1.165, 1.54) is 43.4 Å². The molecule has 1 unspecified atom stereocenters. The van der Waals surface area contributed by atoms with Crippen LogP contribution in [-0.2, 0) is 4.79 Å². The first-order chi connectivity index (χ1) is 9.83. The van der Waals surface area contributed by atoms with Crippen molar-refractivity contribution in [2.45, 2.75) is 57.0 Å². The summed E-state index contributed by atoms with van der Waals surface area (Å²) in [7, 11) is 0. The molecular formula is C16H24N2OS. The highest BCUT2D eigenvalue weighted by molar-refractivity contribution is 7.10. The zero-order valence-corrected chi connectivity index (χ0v) is 12.8. The summed E-state index contributed by atoms with van der Waals surface area (Å²) in [6, 6.07) is 5.18. The molecule has 2 aliphatic carbocycles. The van der Waals surface area contributed by atoms with Gasteiger partial charge >= 0.3 is 0 Å². The lowest BCUT2D eigenvalue weighted by molar-refractivity contribution is -0.122. The summed E-state index contributed by atoms with van der Waals surface area (Å²) in [5.74, 6) is 0.831. The van der Waals surface area contributed by atoms with E-state index in [-0.39, 0.29) is 11.9 Å². The molecule has 0 radical (unpaired) electrons. The lowest BCUT2D eigenvalue weighted by atomic mass is 9.96. The van der Waals surface area contributed by atoms with Crippen LogP contribution in [0.3, 0.4) is 0 Å². The van der Waals surface area contributed by atoms with Crippen LogP contribution < -0.4 is 10.6 Å². The molecule has 2 saturated carbocycles. The largest absolute Gasteiger partial charge is 0.348 e. The van der Waals surface area contributed by atoms with Crippen LogP contribution in [-0.4, -0.2) is 18.5 Å². The third-order valence-corrected chi connectivity index (χ3v) is 5.36. The zero-order chi connectivity index (χ0) is 13.8. The smallest absolute Gasteiger partial charge is 0.221 e. The molecule has 3 rings (SSSR count). The van der Waals surface area contributed by atoms with Crippen LogP contribution in [0.1, 0.15) is 55.9 Å². The molecule has 1 aromatic rings. The second-order valence-corrected chi connectivity index (χ2v) is 7.06. The number of rotatable bonds is 7. The van der Waals surface area contributed by atoms with Gasteiger partial charge in [0, 0.05) is 23.9 Å². The summed E-state index contributed by atoms with van der Waals surface area (Å²) in [5, 5.41) is 8.80. The average molecular weight is 292 g/mol. The fraction of sp³-hybridized carbons (Fsp3) is 0.688. The third kappa shape index (κ3) is 3.83. The van der Waals surface area contributed by atoms with Crippen molar-refractivity contribution in [3.8, 4) is 0 Å². The Bertz CT molecular complexity index is 422. The molecule has 0 aromatic carbocycles. The van der Waals surface area contributed by atoms with Crippen molar-refractivity contribution in [1.29, 1.82) is 0 Å². The second kappa shape index (κ2) is 6.72. The quantitative estimate of drug-likeness (QED) is 0.810. The van der Waals surface area contributed by atoms with Gasteiger partial charge in [0.15, 0.2) is 0 Å². The predicted molar refractivity (Wildman–Crippen MR) is 82.8 cm³/mol. The normalized spacial score (nSPS) is 21.0. The van der Waals surface area contributed by atoms with E-state index in [9.17, 15) is 4.79 Å². The van der Waals surface area contributed by atoms with Gasteiger partial charge in [-0.3, -0.25) is 4.79 Å². The van der Waals surface area contributed by atoms with Crippen LogP contribution in [0, 0.1) is 5.92 Å². The lowest BCUT2D eigenvalue weighted by Gasteiger charge is -2.24. The molecule has 0 aliphatic heterocycles. The van der Waals surface area contributed by atoms with Crippen molar-refractivity contribution >= 4 is 17.2 Å². The monoisotopic (exact) mass is 292 g/mol. The Kier molecular flexibility index (Phi) is 4.73. The highest BCUT2D eigenvalue weighted by atomic mass is 32.1. The molecule has 4 heteroatoms. The fourth-order valence-electron chi connectivity index (χ4n) is 3.10. The Balaban J connectivity index is 1.53. The highest BCUT2D eigenvalue weighted by Crippen LogP contribution is 2.37. The molecule has 1 amide bonds. The Morgan fingerprint density at radius 2 is 2.10 bits per heavy atom. The Morgan fingerprint density at radius 1 is 1.30 bits per heavy atom. The van der Waals surface area contributed by atoms with E-state index in [1.54, 1.807) is 11.3 Å². The number of hydrogen-bond acceptors (Lipinski definition) is 3. The van der Waals surface area contributed by atoms with E-state index in [4.69, 9.17) is 0 Å². The van der Waals surface area contributed by atoms with Crippen LogP contribution in [0.25, 0.3) is 0 Å². The van der Waals surface area contributed by atoms with Crippen molar-refractivity contribution < 1.29 is 4.79 Å². The fourth-order valence-corrected chi connectivity index (χ4v) is 3.97. The molecule has 2 aliphatic rings. The van der Waals surface area contributed by atoms with Crippen molar-refractivity contribution in [3.63, 3.8) is 0 Å². The summed E-state index contributed by atoms with van der Waals surface area (Å²) in [6.07, 6.45) is 8.29. The molecular weight excluding hydrogens is 268 g/mol. The number of hydrogen-bond donors (Lipinski definition) is 2. The van der Waals surface area contributed by atoms with Crippen LogP contribution in [0.5, 0.6) is 0 Å². The van der Waals surface area contributed by atoms with E-state index >= 15 is 0 Å². The third-order valence-electron chi connectivity index (χ3n) is 4.40. The summed E-state index contributed by atoms with van der Waals surface area (Å²) in [5.41, 5.74) is 0. The number of amides is 1. The zero-order valence-electron chi connectivity index (χ0n) is 11.9. The van der Waals surface area contributed by atoms with Crippen molar-refractivity contribution in [2.75, 3.05) is 6.54 Å². The second-order valence-electron chi connectivity index (χ2n) is 6.08. The summed E-state index contributed by atoms with van der Waals surface area (Å²) in [6.45, 7) is 0.818. The lowest BCUT2D eigenvalue weighted by Crippen LogP contribution is -2.34. The average Bonchev–Trinajstić information content (AvgIpc) is 2.97. The van der Waals surface area contributed by atoms with Gasteiger partial charge < -0.3 is 10.6 Å². The maximum Gasteiger partial charge on any atom is 0.221 e. The molecule has 0 saturated heterocycles. The first kappa shape index (κ1) is 14.1. The van der Waals surface area contributed by atoms with E-state index in [0.29, 0.717) is 18.4 Å². The van der Waals surface area contributed by atoms with Crippen molar-refractivity contribution in [2.24, 2.45) is 5.92 Å². The molecule has 1 atom stereocenters. The minimum Gasteiger partial charge on any atom is -0.348 e. The number of carbonyl (C=O) groups excluding carboxylic acids is 1. The van der Waals surface area contributed by atoms with Gasteiger partial charge in [-0.25, -0.2) is 0 Å². The van der Waals surface area contributed by atoms with E-state index in [2.05, 4.69) is 28.1 Å². The van der Waals surface area contributed by atoms with E-state index < -0.39 is 0 Å². The van der Waals surface area contributed by atoms with Crippen LogP contribution in [0.15, 0.2) is 17.5 Å². The van der Waals surface area contributed by atoms with Gasteiger partial charge in [0.05, 0.1) is 6.04 Å². The van der Waals surface area contributed by atoms with Gasteiger partial charge in [-0.15, -0.1) is 11.3 Å². The molecule has 2 fully saturated rings. The molecule has 1 aromatic heterocycles. The molecule has 110 valence electrons. The molecule has 2 N–H and O–H groups in total. The van der Waals surface area contributed by atoms with Gasteiger partial charge in [-0.05, 0) is 43.0 Å². The van der Waals surface area contributed by atoms with E-state index in [1.807, 2.05) is 0 Å². The predicted octanol–water partition coefficient (Wildman–Crippen LogP) is 3.24. The standard InChI is InChI=1S/C16H24N2OS/c19-15(9-10-17-13-7-8-13)18-16(12-4-1-2-5-12)14-6-3-11-20-14/h3,6,11-13,16-17H,1-2,4-5,7-10H2,(H,18,19). The molecule has 1 heterocycles. The van der Waals surface area contributed by atoms with E-state index in [0.717, 1.165) is 6.54 Å². The van der Waals surface area contributed by atoms with Gasteiger partial charge in [0.2, 0.25) is 5.91 Å². The molecule has 20 heavy (non-hydrogen) atoms. The number of carbonyl (C=O) groups is 1. The Morgan fingerprint density at radius 3 is 2.75 bits per heavy atom. The van der Waals surface area contributed by atoms with Gasteiger partial charge in [0.25, 0.3) is 0 Å². The molecule has 3 nitrogen and oxygen atoms in total. The topological polar surface area (TPSA) is 41.1 Å². The van der Waals surface area contributed by atoms with Gasteiger partial charge in [0.1, 0.15) is 0 Å². The van der Waals surface area contributed by atoms with Crippen molar-refractivity contribution in [3.05, 3.63) is 22.4 Å². The van der Waals surface area contributed by atoms with Gasteiger partial charge in [-0.2, -0.15) is 0 Å². The van der Waals surface area contributed by atoms with Crippen LogP contribution in [0.4, 0.5) is 0 Å². The maximum absolute atomic E-state index is 12.2. The first-order valence-corrected chi connectivity index (χ1v) is 8.77. The highest BCUT2D eigenvalue weighted by Gasteiger charge is 2.28. The van der Waals surface area contributed by atoms with Crippen molar-refractivity contribution in [1.82, 2.24) is 10.6 Å². The summed E-state index contributed by atoms with van der Waals surface area (Å²) < 4.78 is 0. The van der Waals surface area contributed by atoms with Crippen LogP contribution in [0.2, 0.25) is 0 Å². The number of thiophene rings is 1. The molecule has 0 bridgehead atoms. The minimum atomic E-state index is 0.198. The maximum atomic E-state index is 12.2. The Hall–Kier alpha value is -0.870.